The zero-order chi connectivity index (χ0) is 16.3. The van der Waals surface area contributed by atoms with E-state index in [0.29, 0.717) is 30.5 Å². The van der Waals surface area contributed by atoms with Crippen molar-refractivity contribution in [3.8, 4) is 0 Å². The second-order valence-corrected chi connectivity index (χ2v) is 8.74. The van der Waals surface area contributed by atoms with E-state index >= 15 is 0 Å². The third kappa shape index (κ3) is 1.42. The Morgan fingerprint density at radius 2 is 1.92 bits per heavy atom. The van der Waals surface area contributed by atoms with Gasteiger partial charge in [-0.05, 0) is 31.1 Å². The highest BCUT2D eigenvalue weighted by Crippen LogP contribution is 2.61. The first-order valence-electron chi connectivity index (χ1n) is 9.16. The molecular weight excluding hydrogens is 312 g/mol. The predicted octanol–water partition coefficient (Wildman–Crippen LogP) is 0.312. The average molecular weight is 332 g/mol. The Kier molecular flexibility index (Phi) is 2.42. The fourth-order valence-electron chi connectivity index (χ4n) is 7.20. The molecule has 0 amide bonds. The second-order valence-electron chi connectivity index (χ2n) is 8.74. The average Bonchev–Trinajstić information content (AvgIpc) is 3.30. The van der Waals surface area contributed by atoms with Gasteiger partial charge in [0.2, 0.25) is 0 Å². The Labute approximate surface area is 138 Å². The van der Waals surface area contributed by atoms with E-state index in [1.54, 1.807) is 0 Å². The largest absolute Gasteiger partial charge is 0.462 e. The maximum absolute atomic E-state index is 12.9. The highest BCUT2D eigenvalue weighted by molar-refractivity contribution is 5.87. The summed E-state index contributed by atoms with van der Waals surface area (Å²) in [5.74, 6) is -0.555. The Balaban J connectivity index is 1.25. The normalized spacial score (nSPS) is 58.6. The number of carbonyl (C=O) groups is 3. The van der Waals surface area contributed by atoms with Crippen LogP contribution in [0.15, 0.2) is 0 Å². The topological polar surface area (TPSA) is 89.9 Å². The summed E-state index contributed by atoms with van der Waals surface area (Å²) in [5, 5.41) is 10.3. The highest BCUT2D eigenvalue weighted by Gasteiger charge is 2.69. The summed E-state index contributed by atoms with van der Waals surface area (Å²) in [6.07, 6.45) is 1.71. The molecule has 1 heterocycles. The number of aliphatic hydroxyl groups excluding tert-OH is 1. The van der Waals surface area contributed by atoms with E-state index in [1.807, 2.05) is 0 Å². The first-order chi connectivity index (χ1) is 11.5. The van der Waals surface area contributed by atoms with Crippen LogP contribution in [0.2, 0.25) is 0 Å². The van der Waals surface area contributed by atoms with Crippen molar-refractivity contribution in [1.29, 1.82) is 0 Å². The molecule has 1 aliphatic heterocycles. The van der Waals surface area contributed by atoms with Crippen molar-refractivity contribution < 1.29 is 29.0 Å². The van der Waals surface area contributed by atoms with Gasteiger partial charge < -0.3 is 14.6 Å². The van der Waals surface area contributed by atoms with Crippen LogP contribution in [0.4, 0.5) is 0 Å². The molecule has 0 spiro atoms. The number of ketones is 1. The highest BCUT2D eigenvalue weighted by atomic mass is 16.6. The minimum atomic E-state index is -0.743. The van der Waals surface area contributed by atoms with Crippen LogP contribution in [-0.4, -0.2) is 41.1 Å². The van der Waals surface area contributed by atoms with Crippen LogP contribution >= 0.6 is 0 Å². The number of hydrogen-bond acceptors (Lipinski definition) is 6. The number of fused-ring (bicyclic) bond motifs is 2. The van der Waals surface area contributed by atoms with Crippen LogP contribution in [-0.2, 0) is 23.9 Å². The monoisotopic (exact) mass is 332 g/mol. The van der Waals surface area contributed by atoms with E-state index in [9.17, 15) is 19.5 Å². The van der Waals surface area contributed by atoms with Crippen molar-refractivity contribution >= 4 is 17.7 Å². The molecule has 11 unspecified atom stereocenters. The molecule has 6 nitrogen and oxygen atoms in total. The Morgan fingerprint density at radius 3 is 2.75 bits per heavy atom. The van der Waals surface area contributed by atoms with Crippen LogP contribution in [0, 0.1) is 47.3 Å². The van der Waals surface area contributed by atoms with Crippen LogP contribution in [0.3, 0.4) is 0 Å². The van der Waals surface area contributed by atoms with Gasteiger partial charge in [0.1, 0.15) is 18.0 Å². The van der Waals surface area contributed by atoms with E-state index in [1.165, 1.54) is 0 Å². The molecule has 6 aliphatic rings. The van der Waals surface area contributed by atoms with Gasteiger partial charge in [0, 0.05) is 30.1 Å². The Bertz CT molecular complexity index is 672. The minimum Gasteiger partial charge on any atom is -0.462 e. The maximum Gasteiger partial charge on any atom is 0.310 e. The molecule has 5 aliphatic carbocycles. The van der Waals surface area contributed by atoms with E-state index < -0.39 is 24.0 Å². The summed E-state index contributed by atoms with van der Waals surface area (Å²) < 4.78 is 11.2. The molecule has 0 radical (unpaired) electrons. The summed E-state index contributed by atoms with van der Waals surface area (Å²) in [7, 11) is 0. The SMILES string of the molecule is O=C1CC2C3CC(CC13)C2OC(=O)C1C2CC3C(OC(=O)C31)C2O. The Hall–Kier alpha value is -1.43. The number of hydrogen-bond donors (Lipinski definition) is 1. The molecule has 1 N–H and O–H groups in total. The van der Waals surface area contributed by atoms with Crippen LogP contribution in [0.5, 0.6) is 0 Å². The van der Waals surface area contributed by atoms with Gasteiger partial charge in [-0.1, -0.05) is 0 Å². The van der Waals surface area contributed by atoms with Crippen LogP contribution in [0.1, 0.15) is 25.7 Å². The number of aliphatic hydroxyl groups is 1. The minimum absolute atomic E-state index is 0.0347. The molecule has 6 fully saturated rings. The van der Waals surface area contributed by atoms with Crippen molar-refractivity contribution in [3.05, 3.63) is 0 Å². The lowest BCUT2D eigenvalue weighted by molar-refractivity contribution is -0.166. The lowest BCUT2D eigenvalue weighted by Gasteiger charge is -2.31. The van der Waals surface area contributed by atoms with Crippen molar-refractivity contribution in [2.24, 2.45) is 47.3 Å². The van der Waals surface area contributed by atoms with E-state index in [2.05, 4.69) is 0 Å². The quantitative estimate of drug-likeness (QED) is 0.732. The van der Waals surface area contributed by atoms with Gasteiger partial charge in [0.05, 0.1) is 17.9 Å². The Morgan fingerprint density at radius 1 is 1.08 bits per heavy atom. The standard InChI is InChI=1S/C18H20O6/c19-11-4-8-6-1-5(2-7(6)11)15(8)23-17(21)12-9-3-10-13(12)18(22)24-16(10)14(9)20/h5-10,12-16,20H,1-4H2. The van der Waals surface area contributed by atoms with Crippen molar-refractivity contribution in [2.75, 3.05) is 0 Å². The van der Waals surface area contributed by atoms with Gasteiger partial charge in [-0.15, -0.1) is 0 Å². The van der Waals surface area contributed by atoms with Gasteiger partial charge in [0.15, 0.2) is 0 Å². The number of esters is 2. The molecule has 128 valence electrons. The van der Waals surface area contributed by atoms with E-state index in [-0.39, 0.29) is 41.7 Å². The number of ether oxygens (including phenoxy) is 2. The van der Waals surface area contributed by atoms with Crippen molar-refractivity contribution in [2.45, 2.75) is 44.0 Å². The number of carbonyl (C=O) groups excluding carboxylic acids is 3. The summed E-state index contributed by atoms with van der Waals surface area (Å²) in [6.45, 7) is 0. The smallest absolute Gasteiger partial charge is 0.310 e. The fraction of sp³-hybridized carbons (Fsp3) is 0.833. The zero-order valence-corrected chi connectivity index (χ0v) is 13.2. The van der Waals surface area contributed by atoms with Gasteiger partial charge in [0.25, 0.3) is 0 Å². The van der Waals surface area contributed by atoms with Gasteiger partial charge >= 0.3 is 11.9 Å². The molecule has 11 atom stereocenters. The first-order valence-corrected chi connectivity index (χ1v) is 9.16. The van der Waals surface area contributed by atoms with Crippen LogP contribution in [0.25, 0.3) is 0 Å². The molecule has 6 heteroatoms. The van der Waals surface area contributed by atoms with E-state index in [4.69, 9.17) is 9.47 Å². The molecule has 0 aromatic heterocycles. The molecule has 6 rings (SSSR count). The zero-order valence-electron chi connectivity index (χ0n) is 13.2. The van der Waals surface area contributed by atoms with Gasteiger partial charge in [-0.3, -0.25) is 14.4 Å². The molecule has 4 bridgehead atoms. The molecular formula is C18H20O6. The number of rotatable bonds is 2. The van der Waals surface area contributed by atoms with Crippen molar-refractivity contribution in [1.82, 2.24) is 0 Å². The summed E-state index contributed by atoms with van der Waals surface area (Å²) >= 11 is 0. The van der Waals surface area contributed by atoms with Crippen LogP contribution < -0.4 is 0 Å². The third-order valence-corrected chi connectivity index (χ3v) is 8.04. The lowest BCUT2D eigenvalue weighted by Crippen LogP contribution is -2.43. The van der Waals surface area contributed by atoms with Gasteiger partial charge in [-0.2, -0.15) is 0 Å². The lowest BCUT2D eigenvalue weighted by atomic mass is 9.78. The molecule has 5 saturated carbocycles. The third-order valence-electron chi connectivity index (χ3n) is 8.04. The van der Waals surface area contributed by atoms with Gasteiger partial charge in [-0.25, -0.2) is 0 Å². The molecule has 24 heavy (non-hydrogen) atoms. The first kappa shape index (κ1) is 13.8. The summed E-state index contributed by atoms with van der Waals surface area (Å²) in [6, 6.07) is 0. The summed E-state index contributed by atoms with van der Waals surface area (Å²) in [5.41, 5.74) is 0. The maximum atomic E-state index is 12.9. The molecule has 1 saturated heterocycles. The van der Waals surface area contributed by atoms with Crippen molar-refractivity contribution in [3.63, 3.8) is 0 Å². The molecule has 0 aromatic carbocycles. The van der Waals surface area contributed by atoms with E-state index in [0.717, 1.165) is 12.8 Å². The second kappa shape index (κ2) is 4.21. The predicted molar refractivity (Wildman–Crippen MR) is 77.2 cm³/mol. The number of Topliss-reactive ketones (excluding diaryl/α,β-unsaturated/α-hetero) is 1. The summed E-state index contributed by atoms with van der Waals surface area (Å²) in [4.78, 5) is 37.0. The fourth-order valence-corrected chi connectivity index (χ4v) is 7.20. The molecule has 0 aromatic rings.